The second-order valence-corrected chi connectivity index (χ2v) is 8.83. The predicted molar refractivity (Wildman–Crippen MR) is 122 cm³/mol. The van der Waals surface area contributed by atoms with Gasteiger partial charge in [0, 0.05) is 28.8 Å². The molecule has 0 bridgehead atoms. The van der Waals surface area contributed by atoms with E-state index in [-0.39, 0.29) is 33.8 Å². The number of nitro groups is 1. The summed E-state index contributed by atoms with van der Waals surface area (Å²) in [5, 5.41) is 18.0. The maximum Gasteiger partial charge on any atom is 0.435 e. The number of carbonyl (C=O) groups excluding carboxylic acids is 1. The molecule has 1 atom stereocenters. The Morgan fingerprint density at radius 2 is 1.94 bits per heavy atom. The SMILES string of the molecule is CC(C(=O)Nc1cc(Oc2ccc(Cl)cc2Cl)cc([N+](=O)[O-])c1)n1nc(C(F)(F)F)cc1C1CC1. The number of carbonyl (C=O) groups is 1. The molecule has 0 aliphatic heterocycles. The molecule has 2 aromatic carbocycles. The van der Waals surface area contributed by atoms with Gasteiger partial charge in [-0.3, -0.25) is 19.6 Å². The van der Waals surface area contributed by atoms with Gasteiger partial charge in [-0.2, -0.15) is 18.3 Å². The zero-order valence-corrected chi connectivity index (χ0v) is 19.5. The van der Waals surface area contributed by atoms with E-state index in [1.807, 2.05) is 0 Å². The fourth-order valence-electron chi connectivity index (χ4n) is 3.40. The summed E-state index contributed by atoms with van der Waals surface area (Å²) >= 11 is 12.0. The van der Waals surface area contributed by atoms with E-state index in [2.05, 4.69) is 10.4 Å². The average Bonchev–Trinajstić information content (AvgIpc) is 3.51. The monoisotopic (exact) mass is 528 g/mol. The first-order valence-electron chi connectivity index (χ1n) is 10.3. The summed E-state index contributed by atoms with van der Waals surface area (Å²) in [6.45, 7) is 1.40. The van der Waals surface area contributed by atoms with Crippen molar-refractivity contribution in [3.63, 3.8) is 0 Å². The topological polar surface area (TPSA) is 99.3 Å². The Hall–Kier alpha value is -3.31. The van der Waals surface area contributed by atoms with Crippen LogP contribution >= 0.6 is 23.2 Å². The molecular weight excluding hydrogens is 512 g/mol. The largest absolute Gasteiger partial charge is 0.455 e. The van der Waals surface area contributed by atoms with Crippen molar-refractivity contribution >= 4 is 40.5 Å². The number of anilines is 1. The Morgan fingerprint density at radius 1 is 1.23 bits per heavy atom. The van der Waals surface area contributed by atoms with Crippen molar-refractivity contribution in [2.24, 2.45) is 0 Å². The fraction of sp³-hybridized carbons (Fsp3) is 0.273. The Balaban J connectivity index is 1.60. The van der Waals surface area contributed by atoms with Crippen molar-refractivity contribution in [2.75, 3.05) is 5.32 Å². The van der Waals surface area contributed by atoms with Gasteiger partial charge in [-0.1, -0.05) is 23.2 Å². The van der Waals surface area contributed by atoms with E-state index in [1.165, 1.54) is 31.2 Å². The normalized spacial score (nSPS) is 14.5. The smallest absolute Gasteiger partial charge is 0.435 e. The molecule has 0 saturated heterocycles. The molecule has 1 saturated carbocycles. The highest BCUT2D eigenvalue weighted by Gasteiger charge is 2.39. The molecule has 1 fully saturated rings. The van der Waals surface area contributed by atoms with Crippen LogP contribution in [0.3, 0.4) is 0 Å². The molecule has 1 aromatic heterocycles. The third-order valence-electron chi connectivity index (χ3n) is 5.29. The van der Waals surface area contributed by atoms with E-state index < -0.39 is 28.7 Å². The maximum atomic E-state index is 13.2. The first-order chi connectivity index (χ1) is 16.4. The van der Waals surface area contributed by atoms with E-state index in [9.17, 15) is 28.1 Å². The number of rotatable bonds is 7. The first kappa shape index (κ1) is 24.8. The number of hydrogen-bond acceptors (Lipinski definition) is 5. The molecule has 1 unspecified atom stereocenters. The molecule has 1 aliphatic carbocycles. The van der Waals surface area contributed by atoms with Crippen molar-refractivity contribution in [1.82, 2.24) is 9.78 Å². The molecule has 1 amide bonds. The summed E-state index contributed by atoms with van der Waals surface area (Å²) in [6.07, 6.45) is -3.24. The standard InChI is InChI=1S/C22H17Cl2F3N4O4/c1-11(30-18(12-2-3-12)10-20(29-30)22(25,26)27)21(32)28-14-7-15(31(33)34)9-16(8-14)35-19-5-4-13(23)6-17(19)24/h4-12H,2-3H2,1H3,(H,28,32). The van der Waals surface area contributed by atoms with Crippen LogP contribution < -0.4 is 10.1 Å². The molecule has 3 aromatic rings. The van der Waals surface area contributed by atoms with Crippen LogP contribution in [0.25, 0.3) is 0 Å². The van der Waals surface area contributed by atoms with Crippen LogP contribution in [0.1, 0.15) is 43.1 Å². The number of amides is 1. The number of aromatic nitrogens is 2. The molecule has 0 radical (unpaired) electrons. The molecule has 4 rings (SSSR count). The average molecular weight is 529 g/mol. The van der Waals surface area contributed by atoms with Crippen LogP contribution in [0.5, 0.6) is 11.5 Å². The Bertz CT molecular complexity index is 1310. The molecule has 184 valence electrons. The summed E-state index contributed by atoms with van der Waals surface area (Å²) in [6, 6.07) is 7.82. The third kappa shape index (κ3) is 5.68. The van der Waals surface area contributed by atoms with Gasteiger partial charge in [-0.05, 0) is 44.0 Å². The number of benzene rings is 2. The molecule has 13 heteroatoms. The minimum atomic E-state index is -4.65. The zero-order valence-electron chi connectivity index (χ0n) is 18.0. The van der Waals surface area contributed by atoms with E-state index in [0.29, 0.717) is 23.6 Å². The van der Waals surface area contributed by atoms with E-state index in [0.717, 1.165) is 22.9 Å². The van der Waals surface area contributed by atoms with Crippen LogP contribution in [0, 0.1) is 10.1 Å². The van der Waals surface area contributed by atoms with E-state index in [4.69, 9.17) is 27.9 Å². The van der Waals surface area contributed by atoms with Crippen LogP contribution in [-0.4, -0.2) is 20.6 Å². The second-order valence-electron chi connectivity index (χ2n) is 7.99. The van der Waals surface area contributed by atoms with Crippen molar-refractivity contribution in [3.8, 4) is 11.5 Å². The number of alkyl halides is 3. The summed E-state index contributed by atoms with van der Waals surface area (Å²) < 4.78 is 46.3. The van der Waals surface area contributed by atoms with Crippen LogP contribution in [0.15, 0.2) is 42.5 Å². The molecule has 1 N–H and O–H groups in total. The summed E-state index contributed by atoms with van der Waals surface area (Å²) in [7, 11) is 0. The van der Waals surface area contributed by atoms with Gasteiger partial charge in [-0.15, -0.1) is 0 Å². The number of ether oxygens (including phenoxy) is 1. The Morgan fingerprint density at radius 3 is 2.54 bits per heavy atom. The summed E-state index contributed by atoms with van der Waals surface area (Å²) in [4.78, 5) is 23.6. The quantitative estimate of drug-likeness (QED) is 0.263. The predicted octanol–water partition coefficient (Wildman–Crippen LogP) is 6.99. The first-order valence-corrected chi connectivity index (χ1v) is 11.1. The van der Waals surface area contributed by atoms with Crippen molar-refractivity contribution < 1.29 is 27.6 Å². The van der Waals surface area contributed by atoms with Crippen LogP contribution in [0.4, 0.5) is 24.5 Å². The number of halogens is 5. The lowest BCUT2D eigenvalue weighted by atomic mass is 10.2. The highest BCUT2D eigenvalue weighted by atomic mass is 35.5. The third-order valence-corrected chi connectivity index (χ3v) is 5.82. The van der Waals surface area contributed by atoms with E-state index >= 15 is 0 Å². The zero-order chi connectivity index (χ0) is 25.5. The van der Waals surface area contributed by atoms with Crippen molar-refractivity contribution in [3.05, 3.63) is 74.0 Å². The molecule has 0 spiro atoms. The summed E-state index contributed by atoms with van der Waals surface area (Å²) in [5.41, 5.74) is -1.13. The van der Waals surface area contributed by atoms with Gasteiger partial charge in [0.2, 0.25) is 5.91 Å². The minimum absolute atomic E-state index is 0.00323. The second kappa shape index (κ2) is 9.38. The lowest BCUT2D eigenvalue weighted by molar-refractivity contribution is -0.384. The van der Waals surface area contributed by atoms with Gasteiger partial charge in [0.25, 0.3) is 5.69 Å². The molecule has 1 aliphatic rings. The number of hydrogen-bond donors (Lipinski definition) is 1. The summed E-state index contributed by atoms with van der Waals surface area (Å²) in [5.74, 6) is -0.633. The molecule has 8 nitrogen and oxygen atoms in total. The molecular formula is C22H17Cl2F3N4O4. The van der Waals surface area contributed by atoms with Gasteiger partial charge in [0.15, 0.2) is 5.69 Å². The number of non-ortho nitro benzene ring substituents is 1. The van der Waals surface area contributed by atoms with Crippen molar-refractivity contribution in [1.29, 1.82) is 0 Å². The number of nitro benzene ring substituents is 1. The minimum Gasteiger partial charge on any atom is -0.455 e. The van der Waals surface area contributed by atoms with Crippen LogP contribution in [-0.2, 0) is 11.0 Å². The van der Waals surface area contributed by atoms with Gasteiger partial charge < -0.3 is 10.1 Å². The van der Waals surface area contributed by atoms with Gasteiger partial charge in [0.05, 0.1) is 21.7 Å². The lowest BCUT2D eigenvalue weighted by Crippen LogP contribution is -2.26. The van der Waals surface area contributed by atoms with Gasteiger partial charge >= 0.3 is 6.18 Å². The Labute approximate surface area is 206 Å². The fourth-order valence-corrected chi connectivity index (χ4v) is 3.85. The number of nitrogens with zero attached hydrogens (tertiary/aromatic N) is 3. The lowest BCUT2D eigenvalue weighted by Gasteiger charge is -2.16. The number of nitrogens with one attached hydrogen (secondary N) is 1. The highest BCUT2D eigenvalue weighted by Crippen LogP contribution is 2.43. The van der Waals surface area contributed by atoms with Crippen LogP contribution in [0.2, 0.25) is 10.0 Å². The van der Waals surface area contributed by atoms with Gasteiger partial charge in [-0.25, -0.2) is 0 Å². The highest BCUT2D eigenvalue weighted by molar-refractivity contribution is 6.35. The maximum absolute atomic E-state index is 13.2. The van der Waals surface area contributed by atoms with Gasteiger partial charge in [0.1, 0.15) is 17.5 Å². The molecule has 35 heavy (non-hydrogen) atoms. The van der Waals surface area contributed by atoms with Crippen molar-refractivity contribution in [2.45, 2.75) is 37.9 Å². The Kier molecular flexibility index (Phi) is 6.65. The molecule has 1 heterocycles. The van der Waals surface area contributed by atoms with E-state index in [1.54, 1.807) is 0 Å².